The van der Waals surface area contributed by atoms with Gasteiger partial charge in [0.1, 0.15) is 6.04 Å². The molecule has 3 atom stereocenters. The Balaban J connectivity index is 3.02. The summed E-state index contributed by atoms with van der Waals surface area (Å²) in [5, 5.41) is 21.1. The average molecular weight is 376 g/mol. The van der Waals surface area contributed by atoms with Crippen molar-refractivity contribution >= 4 is 17.8 Å². The largest absolute Gasteiger partial charge is 0.480 e. The van der Waals surface area contributed by atoms with E-state index in [0.717, 1.165) is 5.56 Å². The standard InChI is InChI=1S/C20H28N2O5/c1-4-8-15(19(24)22-27)16(11-13(2)3)18(23)21-17(20(25)26)12-14-9-6-5-7-10-14/h4-7,9-10,13,15-17,27H,1,8,11-12H2,2-3H3,(H,21,23)(H,22,24)(H,25,26)/t15-,16+,17-/m0/s1. The second-order valence-electron chi connectivity index (χ2n) is 6.93. The highest BCUT2D eigenvalue weighted by Gasteiger charge is 2.35. The van der Waals surface area contributed by atoms with E-state index in [1.165, 1.54) is 6.08 Å². The molecule has 1 rings (SSSR count). The van der Waals surface area contributed by atoms with Crippen molar-refractivity contribution in [1.82, 2.24) is 10.8 Å². The lowest BCUT2D eigenvalue weighted by molar-refractivity contribution is -0.144. The number of nitrogens with one attached hydrogen (secondary N) is 2. The van der Waals surface area contributed by atoms with Crippen molar-refractivity contribution in [3.8, 4) is 0 Å². The molecule has 7 heteroatoms. The summed E-state index contributed by atoms with van der Waals surface area (Å²) in [6, 6.07) is 7.87. The Labute approximate surface area is 159 Å². The van der Waals surface area contributed by atoms with Crippen LogP contribution >= 0.6 is 0 Å². The lowest BCUT2D eigenvalue weighted by atomic mass is 9.82. The highest BCUT2D eigenvalue weighted by molar-refractivity contribution is 5.90. The highest BCUT2D eigenvalue weighted by Crippen LogP contribution is 2.25. The number of rotatable bonds is 11. The van der Waals surface area contributed by atoms with E-state index in [1.54, 1.807) is 29.7 Å². The maximum Gasteiger partial charge on any atom is 0.326 e. The summed E-state index contributed by atoms with van der Waals surface area (Å²) in [7, 11) is 0. The van der Waals surface area contributed by atoms with Crippen LogP contribution in [0.3, 0.4) is 0 Å². The van der Waals surface area contributed by atoms with Gasteiger partial charge in [-0.2, -0.15) is 0 Å². The molecule has 0 fully saturated rings. The van der Waals surface area contributed by atoms with E-state index in [2.05, 4.69) is 11.9 Å². The smallest absolute Gasteiger partial charge is 0.326 e. The molecule has 27 heavy (non-hydrogen) atoms. The predicted molar refractivity (Wildman–Crippen MR) is 101 cm³/mol. The molecule has 0 radical (unpaired) electrons. The van der Waals surface area contributed by atoms with Gasteiger partial charge in [-0.3, -0.25) is 14.8 Å². The van der Waals surface area contributed by atoms with Crippen molar-refractivity contribution in [2.24, 2.45) is 17.8 Å². The van der Waals surface area contributed by atoms with Crippen LogP contribution in [0.25, 0.3) is 0 Å². The van der Waals surface area contributed by atoms with E-state index >= 15 is 0 Å². The fourth-order valence-corrected chi connectivity index (χ4v) is 3.01. The molecule has 0 saturated heterocycles. The number of carbonyl (C=O) groups excluding carboxylic acids is 2. The lowest BCUT2D eigenvalue weighted by Crippen LogP contribution is -2.48. The van der Waals surface area contributed by atoms with Gasteiger partial charge in [0.25, 0.3) is 0 Å². The van der Waals surface area contributed by atoms with Crippen LogP contribution in [0.5, 0.6) is 0 Å². The minimum Gasteiger partial charge on any atom is -0.480 e. The van der Waals surface area contributed by atoms with E-state index in [1.807, 2.05) is 19.9 Å². The molecule has 0 bridgehead atoms. The van der Waals surface area contributed by atoms with Gasteiger partial charge in [-0.1, -0.05) is 50.3 Å². The Kier molecular flexibility index (Phi) is 9.22. The van der Waals surface area contributed by atoms with Crippen molar-refractivity contribution in [2.45, 2.75) is 39.2 Å². The second kappa shape index (κ2) is 11.1. The summed E-state index contributed by atoms with van der Waals surface area (Å²) in [4.78, 5) is 36.5. The van der Waals surface area contributed by atoms with Crippen molar-refractivity contribution in [1.29, 1.82) is 0 Å². The quantitative estimate of drug-likeness (QED) is 0.268. The van der Waals surface area contributed by atoms with E-state index in [-0.39, 0.29) is 18.8 Å². The van der Waals surface area contributed by atoms with Gasteiger partial charge in [0, 0.05) is 6.42 Å². The molecule has 0 saturated carbocycles. The molecule has 2 amide bonds. The van der Waals surface area contributed by atoms with Crippen LogP contribution in [0.2, 0.25) is 0 Å². The first kappa shape index (κ1) is 22.4. The normalized spacial score (nSPS) is 14.1. The third-order valence-corrected chi connectivity index (χ3v) is 4.31. The topological polar surface area (TPSA) is 116 Å². The Morgan fingerprint density at radius 1 is 1.11 bits per heavy atom. The number of carboxylic acid groups (broad SMARTS) is 1. The van der Waals surface area contributed by atoms with Gasteiger partial charge in [-0.25, -0.2) is 10.3 Å². The second-order valence-corrected chi connectivity index (χ2v) is 6.93. The van der Waals surface area contributed by atoms with E-state index in [9.17, 15) is 19.5 Å². The molecular formula is C20H28N2O5. The monoisotopic (exact) mass is 376 g/mol. The summed E-state index contributed by atoms with van der Waals surface area (Å²) >= 11 is 0. The van der Waals surface area contributed by atoms with Gasteiger partial charge in [0.2, 0.25) is 11.8 Å². The van der Waals surface area contributed by atoms with Crippen molar-refractivity contribution < 1.29 is 24.7 Å². The number of carbonyl (C=O) groups is 3. The SMILES string of the molecule is C=CC[C@H](C(=O)NO)[C@@H](CC(C)C)C(=O)N[C@@H](Cc1ccccc1)C(=O)O. The van der Waals surface area contributed by atoms with Crippen LogP contribution in [-0.2, 0) is 20.8 Å². The fourth-order valence-electron chi connectivity index (χ4n) is 3.01. The van der Waals surface area contributed by atoms with Gasteiger partial charge < -0.3 is 10.4 Å². The van der Waals surface area contributed by atoms with Crippen LogP contribution in [0.15, 0.2) is 43.0 Å². The van der Waals surface area contributed by atoms with E-state index < -0.39 is 35.7 Å². The summed E-state index contributed by atoms with van der Waals surface area (Å²) in [6.45, 7) is 7.40. The van der Waals surface area contributed by atoms with E-state index in [4.69, 9.17) is 5.21 Å². The number of amides is 2. The number of hydroxylamine groups is 1. The third-order valence-electron chi connectivity index (χ3n) is 4.31. The molecule has 0 aliphatic carbocycles. The Morgan fingerprint density at radius 2 is 1.74 bits per heavy atom. The van der Waals surface area contributed by atoms with Gasteiger partial charge in [-0.05, 0) is 24.3 Å². The fraction of sp³-hybridized carbons (Fsp3) is 0.450. The zero-order chi connectivity index (χ0) is 20.4. The summed E-state index contributed by atoms with van der Waals surface area (Å²) < 4.78 is 0. The molecule has 0 aliphatic heterocycles. The molecule has 0 heterocycles. The maximum absolute atomic E-state index is 12.9. The molecule has 0 aliphatic rings. The zero-order valence-corrected chi connectivity index (χ0v) is 15.7. The summed E-state index contributed by atoms with van der Waals surface area (Å²) in [6.07, 6.45) is 2.19. The first-order chi connectivity index (χ1) is 12.8. The molecular weight excluding hydrogens is 348 g/mol. The molecule has 0 aromatic heterocycles. The van der Waals surface area contributed by atoms with Gasteiger partial charge >= 0.3 is 5.97 Å². The first-order valence-corrected chi connectivity index (χ1v) is 8.92. The lowest BCUT2D eigenvalue weighted by Gasteiger charge is -2.27. The molecule has 4 N–H and O–H groups in total. The Bertz CT molecular complexity index is 645. The zero-order valence-electron chi connectivity index (χ0n) is 15.7. The number of carboxylic acids is 1. The molecule has 0 unspecified atom stereocenters. The average Bonchev–Trinajstić information content (AvgIpc) is 2.63. The summed E-state index contributed by atoms with van der Waals surface area (Å²) in [5.41, 5.74) is 2.37. The number of hydrogen-bond acceptors (Lipinski definition) is 4. The van der Waals surface area contributed by atoms with Crippen molar-refractivity contribution in [3.63, 3.8) is 0 Å². The third kappa shape index (κ3) is 7.22. The molecule has 1 aromatic carbocycles. The van der Waals surface area contributed by atoms with E-state index in [0.29, 0.717) is 6.42 Å². The van der Waals surface area contributed by atoms with Crippen LogP contribution in [0, 0.1) is 17.8 Å². The Morgan fingerprint density at radius 3 is 2.22 bits per heavy atom. The number of aliphatic carboxylic acids is 1. The minimum atomic E-state index is -1.15. The summed E-state index contributed by atoms with van der Waals surface area (Å²) in [5.74, 6) is -3.89. The molecule has 0 spiro atoms. The molecule has 1 aromatic rings. The van der Waals surface area contributed by atoms with Gasteiger partial charge in [-0.15, -0.1) is 6.58 Å². The van der Waals surface area contributed by atoms with Gasteiger partial charge in [0.05, 0.1) is 11.8 Å². The molecule has 7 nitrogen and oxygen atoms in total. The number of benzene rings is 1. The predicted octanol–water partition coefficient (Wildman–Crippen LogP) is 2.16. The molecule has 148 valence electrons. The van der Waals surface area contributed by atoms with Crippen LogP contribution < -0.4 is 10.8 Å². The highest BCUT2D eigenvalue weighted by atomic mass is 16.5. The maximum atomic E-state index is 12.9. The van der Waals surface area contributed by atoms with Crippen molar-refractivity contribution in [3.05, 3.63) is 48.6 Å². The van der Waals surface area contributed by atoms with Crippen LogP contribution in [-0.4, -0.2) is 34.1 Å². The number of allylic oxidation sites excluding steroid dienone is 1. The van der Waals surface area contributed by atoms with Crippen molar-refractivity contribution in [2.75, 3.05) is 0 Å². The minimum absolute atomic E-state index is 0.0944. The van der Waals surface area contributed by atoms with Gasteiger partial charge in [0.15, 0.2) is 0 Å². The van der Waals surface area contributed by atoms with Crippen LogP contribution in [0.1, 0.15) is 32.3 Å². The van der Waals surface area contributed by atoms with Crippen LogP contribution in [0.4, 0.5) is 0 Å². The number of hydrogen-bond donors (Lipinski definition) is 4. The first-order valence-electron chi connectivity index (χ1n) is 8.92. The Hall–Kier alpha value is -2.67.